The van der Waals surface area contributed by atoms with E-state index in [1.807, 2.05) is 37.3 Å². The SMILES string of the molecule is CC(NC(=O)C1(c2ccccc2)CCC1)c1ccc(F)cc1. The Morgan fingerprint density at radius 2 is 1.73 bits per heavy atom. The highest BCUT2D eigenvalue weighted by Gasteiger charge is 2.45. The van der Waals surface area contributed by atoms with Crippen LogP contribution in [-0.2, 0) is 10.2 Å². The lowest BCUT2D eigenvalue weighted by Gasteiger charge is -2.41. The van der Waals surface area contributed by atoms with E-state index < -0.39 is 5.41 Å². The van der Waals surface area contributed by atoms with Gasteiger partial charge in [0.1, 0.15) is 5.82 Å². The Bertz CT molecular complexity index is 647. The maximum Gasteiger partial charge on any atom is 0.231 e. The minimum atomic E-state index is -0.393. The predicted octanol–water partition coefficient (Wildman–Crippen LogP) is 4.12. The molecule has 0 heterocycles. The van der Waals surface area contributed by atoms with Crippen LogP contribution in [0.5, 0.6) is 0 Å². The summed E-state index contributed by atoms with van der Waals surface area (Å²) < 4.78 is 13.0. The number of hydrogen-bond donors (Lipinski definition) is 1. The number of rotatable bonds is 4. The molecule has 22 heavy (non-hydrogen) atoms. The third-order valence-corrected chi connectivity index (χ3v) is 4.69. The van der Waals surface area contributed by atoms with Crippen molar-refractivity contribution in [2.24, 2.45) is 0 Å². The minimum Gasteiger partial charge on any atom is -0.349 e. The molecule has 0 radical (unpaired) electrons. The highest BCUT2D eigenvalue weighted by Crippen LogP contribution is 2.44. The smallest absolute Gasteiger partial charge is 0.231 e. The molecule has 1 amide bonds. The molecule has 0 bridgehead atoms. The van der Waals surface area contributed by atoms with Gasteiger partial charge in [0.25, 0.3) is 0 Å². The summed E-state index contributed by atoms with van der Waals surface area (Å²) >= 11 is 0. The minimum absolute atomic E-state index is 0.0711. The molecule has 1 saturated carbocycles. The largest absolute Gasteiger partial charge is 0.349 e. The number of nitrogens with one attached hydrogen (secondary N) is 1. The van der Waals surface area contributed by atoms with Crippen LogP contribution in [0.3, 0.4) is 0 Å². The maximum atomic E-state index is 13.0. The van der Waals surface area contributed by atoms with Crippen molar-refractivity contribution in [3.8, 4) is 0 Å². The number of halogens is 1. The van der Waals surface area contributed by atoms with E-state index in [0.29, 0.717) is 0 Å². The Morgan fingerprint density at radius 1 is 1.09 bits per heavy atom. The molecule has 1 aliphatic rings. The lowest BCUT2D eigenvalue weighted by Crippen LogP contribution is -2.49. The van der Waals surface area contributed by atoms with Crippen molar-refractivity contribution in [1.82, 2.24) is 5.32 Å². The fourth-order valence-corrected chi connectivity index (χ4v) is 3.10. The van der Waals surface area contributed by atoms with E-state index in [4.69, 9.17) is 0 Å². The Balaban J connectivity index is 1.77. The van der Waals surface area contributed by atoms with Gasteiger partial charge in [0.05, 0.1) is 11.5 Å². The number of carbonyl (C=O) groups is 1. The lowest BCUT2D eigenvalue weighted by molar-refractivity contribution is -0.130. The lowest BCUT2D eigenvalue weighted by atomic mass is 9.63. The van der Waals surface area contributed by atoms with Gasteiger partial charge in [0, 0.05) is 0 Å². The fourth-order valence-electron chi connectivity index (χ4n) is 3.10. The van der Waals surface area contributed by atoms with Crippen LogP contribution < -0.4 is 5.32 Å². The van der Waals surface area contributed by atoms with E-state index in [1.165, 1.54) is 12.1 Å². The molecule has 2 nitrogen and oxygen atoms in total. The molecule has 3 rings (SSSR count). The Hall–Kier alpha value is -2.16. The second-order valence-electron chi connectivity index (χ2n) is 6.05. The van der Waals surface area contributed by atoms with Gasteiger partial charge in [0.15, 0.2) is 0 Å². The van der Waals surface area contributed by atoms with E-state index in [2.05, 4.69) is 5.32 Å². The molecule has 1 atom stereocenters. The van der Waals surface area contributed by atoms with Crippen molar-refractivity contribution in [3.05, 3.63) is 71.5 Å². The van der Waals surface area contributed by atoms with Crippen molar-refractivity contribution in [2.45, 2.75) is 37.6 Å². The fraction of sp³-hybridized carbons (Fsp3) is 0.316. The highest BCUT2D eigenvalue weighted by atomic mass is 19.1. The molecule has 0 spiro atoms. The monoisotopic (exact) mass is 297 g/mol. The van der Waals surface area contributed by atoms with Gasteiger partial charge in [-0.3, -0.25) is 4.79 Å². The number of carbonyl (C=O) groups excluding carboxylic acids is 1. The van der Waals surface area contributed by atoms with E-state index in [-0.39, 0.29) is 17.8 Å². The summed E-state index contributed by atoms with van der Waals surface area (Å²) in [6, 6.07) is 16.1. The first-order chi connectivity index (χ1) is 10.6. The van der Waals surface area contributed by atoms with Crippen LogP contribution in [0.1, 0.15) is 43.4 Å². The summed E-state index contributed by atoms with van der Waals surface area (Å²) in [5, 5.41) is 3.10. The number of amides is 1. The zero-order valence-corrected chi connectivity index (χ0v) is 12.7. The maximum absolute atomic E-state index is 13.0. The molecule has 114 valence electrons. The van der Waals surface area contributed by atoms with Crippen molar-refractivity contribution in [1.29, 1.82) is 0 Å². The molecule has 0 aliphatic heterocycles. The first kappa shape index (κ1) is 14.8. The van der Waals surface area contributed by atoms with E-state index in [9.17, 15) is 9.18 Å². The van der Waals surface area contributed by atoms with Crippen molar-refractivity contribution in [3.63, 3.8) is 0 Å². The summed E-state index contributed by atoms with van der Waals surface area (Å²) in [7, 11) is 0. The first-order valence-corrected chi connectivity index (χ1v) is 7.74. The molecule has 0 saturated heterocycles. The molecular formula is C19H20FNO. The topological polar surface area (TPSA) is 29.1 Å². The summed E-state index contributed by atoms with van der Waals surface area (Å²) in [4.78, 5) is 12.8. The average molecular weight is 297 g/mol. The third-order valence-electron chi connectivity index (χ3n) is 4.69. The summed E-state index contributed by atoms with van der Waals surface area (Å²) in [5.74, 6) is -0.191. The van der Waals surface area contributed by atoms with E-state index in [0.717, 1.165) is 30.4 Å². The Labute approximate surface area is 130 Å². The Morgan fingerprint density at radius 3 is 2.27 bits per heavy atom. The zero-order chi connectivity index (χ0) is 15.6. The Kier molecular flexibility index (Phi) is 3.97. The summed E-state index contributed by atoms with van der Waals surface area (Å²) in [6.45, 7) is 1.93. The van der Waals surface area contributed by atoms with E-state index >= 15 is 0 Å². The second kappa shape index (κ2) is 5.91. The standard InChI is InChI=1S/C19H20FNO/c1-14(15-8-10-17(20)11-9-15)21-18(22)19(12-5-13-19)16-6-3-2-4-7-16/h2-4,6-11,14H,5,12-13H2,1H3,(H,21,22). The zero-order valence-electron chi connectivity index (χ0n) is 12.7. The highest BCUT2D eigenvalue weighted by molar-refractivity contribution is 5.89. The van der Waals surface area contributed by atoms with Crippen molar-refractivity contribution >= 4 is 5.91 Å². The molecular weight excluding hydrogens is 277 g/mol. The molecule has 2 aromatic carbocycles. The predicted molar refractivity (Wildman–Crippen MR) is 84.9 cm³/mol. The van der Waals surface area contributed by atoms with Crippen LogP contribution >= 0.6 is 0 Å². The molecule has 1 fully saturated rings. The molecule has 1 aliphatic carbocycles. The van der Waals surface area contributed by atoms with Crippen molar-refractivity contribution in [2.75, 3.05) is 0 Å². The molecule has 2 aromatic rings. The van der Waals surface area contributed by atoms with Crippen LogP contribution in [-0.4, -0.2) is 5.91 Å². The number of benzene rings is 2. The van der Waals surface area contributed by atoms with Gasteiger partial charge in [-0.05, 0) is 43.0 Å². The van der Waals surface area contributed by atoms with Crippen LogP contribution in [0.15, 0.2) is 54.6 Å². The molecule has 3 heteroatoms. The molecule has 1 unspecified atom stereocenters. The van der Waals surface area contributed by atoms with Gasteiger partial charge in [-0.2, -0.15) is 0 Å². The van der Waals surface area contributed by atoms with Gasteiger partial charge in [-0.1, -0.05) is 48.9 Å². The first-order valence-electron chi connectivity index (χ1n) is 7.74. The van der Waals surface area contributed by atoms with Gasteiger partial charge in [-0.15, -0.1) is 0 Å². The quantitative estimate of drug-likeness (QED) is 0.903. The van der Waals surface area contributed by atoms with Crippen LogP contribution in [0.2, 0.25) is 0 Å². The average Bonchev–Trinajstić information content (AvgIpc) is 2.48. The van der Waals surface area contributed by atoms with Gasteiger partial charge in [-0.25, -0.2) is 4.39 Å². The van der Waals surface area contributed by atoms with Crippen LogP contribution in [0.25, 0.3) is 0 Å². The van der Waals surface area contributed by atoms with E-state index in [1.54, 1.807) is 12.1 Å². The third kappa shape index (κ3) is 2.63. The van der Waals surface area contributed by atoms with Crippen molar-refractivity contribution < 1.29 is 9.18 Å². The van der Waals surface area contributed by atoms with Gasteiger partial charge in [0.2, 0.25) is 5.91 Å². The summed E-state index contributed by atoms with van der Waals surface area (Å²) in [6.07, 6.45) is 2.85. The summed E-state index contributed by atoms with van der Waals surface area (Å²) in [5.41, 5.74) is 1.61. The van der Waals surface area contributed by atoms with Gasteiger partial charge < -0.3 is 5.32 Å². The van der Waals surface area contributed by atoms with Gasteiger partial charge >= 0.3 is 0 Å². The number of hydrogen-bond acceptors (Lipinski definition) is 1. The molecule has 0 aromatic heterocycles. The normalized spacial score (nSPS) is 17.4. The van der Waals surface area contributed by atoms with Crippen LogP contribution in [0.4, 0.5) is 4.39 Å². The second-order valence-corrected chi connectivity index (χ2v) is 6.05. The van der Waals surface area contributed by atoms with Crippen LogP contribution in [0, 0.1) is 5.82 Å². The molecule has 1 N–H and O–H groups in total.